The Morgan fingerprint density at radius 2 is 1.80 bits per heavy atom. The van der Waals surface area contributed by atoms with E-state index in [-0.39, 0.29) is 12.5 Å². The SMILES string of the molecule is O=C(CNc1cccc2ccccc12)NN=Cc1ccc(Cl)c(Cl)c1. The average molecular weight is 372 g/mol. The standard InChI is InChI=1S/C19H15Cl2N3O/c20-16-9-8-13(10-17(16)21)11-23-24-19(25)12-22-18-7-3-5-14-4-1-2-6-15(14)18/h1-11,22H,12H2,(H,24,25). The summed E-state index contributed by atoms with van der Waals surface area (Å²) >= 11 is 11.8. The second kappa shape index (κ2) is 8.01. The van der Waals surface area contributed by atoms with Gasteiger partial charge in [-0.2, -0.15) is 5.10 Å². The number of nitrogens with zero attached hydrogens (tertiary/aromatic N) is 1. The molecule has 0 aliphatic heterocycles. The molecule has 0 aromatic heterocycles. The summed E-state index contributed by atoms with van der Waals surface area (Å²) in [6.45, 7) is 0.118. The average Bonchev–Trinajstić information content (AvgIpc) is 2.63. The van der Waals surface area contributed by atoms with Crippen molar-refractivity contribution in [2.45, 2.75) is 0 Å². The van der Waals surface area contributed by atoms with E-state index in [0.717, 1.165) is 22.0 Å². The zero-order valence-corrected chi connectivity index (χ0v) is 14.7. The van der Waals surface area contributed by atoms with Crippen LogP contribution in [0, 0.1) is 0 Å². The quantitative estimate of drug-likeness (QED) is 0.504. The monoisotopic (exact) mass is 371 g/mol. The van der Waals surface area contributed by atoms with Crippen LogP contribution in [0.25, 0.3) is 10.8 Å². The number of nitrogens with one attached hydrogen (secondary N) is 2. The molecule has 0 bridgehead atoms. The van der Waals surface area contributed by atoms with E-state index in [2.05, 4.69) is 15.8 Å². The Balaban J connectivity index is 1.57. The predicted octanol–water partition coefficient (Wildman–Crippen LogP) is 4.71. The lowest BCUT2D eigenvalue weighted by Gasteiger charge is -2.08. The van der Waals surface area contributed by atoms with E-state index in [1.54, 1.807) is 18.2 Å². The van der Waals surface area contributed by atoms with Crippen molar-refractivity contribution in [3.8, 4) is 0 Å². The van der Waals surface area contributed by atoms with Crippen molar-refractivity contribution >= 4 is 51.8 Å². The minimum absolute atomic E-state index is 0.118. The molecular formula is C19H15Cl2N3O. The van der Waals surface area contributed by atoms with Crippen molar-refractivity contribution in [1.82, 2.24) is 5.43 Å². The highest BCUT2D eigenvalue weighted by atomic mass is 35.5. The molecule has 0 saturated carbocycles. The maximum absolute atomic E-state index is 11.9. The van der Waals surface area contributed by atoms with Gasteiger partial charge < -0.3 is 5.32 Å². The van der Waals surface area contributed by atoms with Crippen molar-refractivity contribution < 1.29 is 4.79 Å². The lowest BCUT2D eigenvalue weighted by molar-refractivity contribution is -0.119. The van der Waals surface area contributed by atoms with E-state index in [9.17, 15) is 4.79 Å². The van der Waals surface area contributed by atoms with Crippen LogP contribution >= 0.6 is 23.2 Å². The molecule has 0 unspecified atom stereocenters. The molecular weight excluding hydrogens is 357 g/mol. The number of halogens is 2. The number of fused-ring (bicyclic) bond motifs is 1. The van der Waals surface area contributed by atoms with Crippen molar-refractivity contribution in [2.75, 3.05) is 11.9 Å². The molecule has 3 aromatic carbocycles. The molecule has 0 fully saturated rings. The molecule has 25 heavy (non-hydrogen) atoms. The Labute approximate surface area is 155 Å². The second-order valence-corrected chi connectivity index (χ2v) is 6.16. The third-order valence-electron chi connectivity index (χ3n) is 3.58. The summed E-state index contributed by atoms with van der Waals surface area (Å²) in [5.41, 5.74) is 4.13. The summed E-state index contributed by atoms with van der Waals surface area (Å²) in [7, 11) is 0. The second-order valence-electron chi connectivity index (χ2n) is 5.35. The number of anilines is 1. The van der Waals surface area contributed by atoms with Gasteiger partial charge in [0.1, 0.15) is 0 Å². The first kappa shape index (κ1) is 17.3. The topological polar surface area (TPSA) is 53.5 Å². The summed E-state index contributed by atoms with van der Waals surface area (Å²) in [6.07, 6.45) is 1.51. The Morgan fingerprint density at radius 1 is 1.00 bits per heavy atom. The van der Waals surface area contributed by atoms with Crippen LogP contribution in [-0.2, 0) is 4.79 Å². The Morgan fingerprint density at radius 3 is 2.64 bits per heavy atom. The first-order valence-corrected chi connectivity index (χ1v) is 8.38. The summed E-state index contributed by atoms with van der Waals surface area (Å²) in [4.78, 5) is 11.9. The van der Waals surface area contributed by atoms with Gasteiger partial charge in [-0.3, -0.25) is 4.79 Å². The molecule has 6 heteroatoms. The van der Waals surface area contributed by atoms with Gasteiger partial charge >= 0.3 is 0 Å². The van der Waals surface area contributed by atoms with Crippen molar-refractivity contribution in [3.05, 3.63) is 76.3 Å². The van der Waals surface area contributed by atoms with E-state index in [1.165, 1.54) is 6.21 Å². The fourth-order valence-corrected chi connectivity index (χ4v) is 2.67. The van der Waals surface area contributed by atoms with Crippen LogP contribution < -0.4 is 10.7 Å². The number of hydrazone groups is 1. The molecule has 0 saturated heterocycles. The first-order valence-electron chi connectivity index (χ1n) is 7.62. The molecule has 0 atom stereocenters. The maximum Gasteiger partial charge on any atom is 0.259 e. The zero-order valence-electron chi connectivity index (χ0n) is 13.2. The molecule has 0 aliphatic carbocycles. The third-order valence-corrected chi connectivity index (χ3v) is 4.31. The van der Waals surface area contributed by atoms with Crippen LogP contribution in [0.15, 0.2) is 65.8 Å². The summed E-state index contributed by atoms with van der Waals surface area (Å²) < 4.78 is 0. The number of carbonyl (C=O) groups is 1. The van der Waals surface area contributed by atoms with Gasteiger partial charge in [0.25, 0.3) is 5.91 Å². The predicted molar refractivity (Wildman–Crippen MR) is 105 cm³/mol. The minimum atomic E-state index is -0.246. The van der Waals surface area contributed by atoms with Gasteiger partial charge in [0.05, 0.1) is 22.8 Å². The molecule has 3 aromatic rings. The fraction of sp³-hybridized carbons (Fsp3) is 0.0526. The minimum Gasteiger partial charge on any atom is -0.376 e. The van der Waals surface area contributed by atoms with Crippen LogP contribution in [0.5, 0.6) is 0 Å². The van der Waals surface area contributed by atoms with Crippen LogP contribution in [0.3, 0.4) is 0 Å². The van der Waals surface area contributed by atoms with Gasteiger partial charge in [0.2, 0.25) is 0 Å². The zero-order chi connectivity index (χ0) is 17.6. The number of hydrogen-bond acceptors (Lipinski definition) is 3. The molecule has 2 N–H and O–H groups in total. The van der Waals surface area contributed by atoms with Gasteiger partial charge in [-0.25, -0.2) is 5.43 Å². The number of benzene rings is 3. The summed E-state index contributed by atoms with van der Waals surface area (Å²) in [5.74, 6) is -0.246. The molecule has 0 radical (unpaired) electrons. The van der Waals surface area contributed by atoms with Crippen LogP contribution in [0.4, 0.5) is 5.69 Å². The Hall–Kier alpha value is -2.56. The maximum atomic E-state index is 11.9. The van der Waals surface area contributed by atoms with Gasteiger partial charge in [0.15, 0.2) is 0 Å². The molecule has 126 valence electrons. The van der Waals surface area contributed by atoms with E-state index < -0.39 is 0 Å². The fourth-order valence-electron chi connectivity index (χ4n) is 2.37. The van der Waals surface area contributed by atoms with Crippen LogP contribution in [0.1, 0.15) is 5.56 Å². The highest BCUT2D eigenvalue weighted by Gasteiger charge is 2.03. The van der Waals surface area contributed by atoms with E-state index in [4.69, 9.17) is 23.2 Å². The normalized spacial score (nSPS) is 11.0. The highest BCUT2D eigenvalue weighted by molar-refractivity contribution is 6.42. The number of hydrogen-bond donors (Lipinski definition) is 2. The summed E-state index contributed by atoms with van der Waals surface area (Å²) in [5, 5.41) is 10.1. The van der Waals surface area contributed by atoms with E-state index >= 15 is 0 Å². The van der Waals surface area contributed by atoms with E-state index in [1.807, 2.05) is 42.5 Å². The van der Waals surface area contributed by atoms with E-state index in [0.29, 0.717) is 10.0 Å². The van der Waals surface area contributed by atoms with Crippen LogP contribution in [-0.4, -0.2) is 18.7 Å². The Bertz CT molecular complexity index is 936. The first-order chi connectivity index (χ1) is 12.1. The molecule has 3 rings (SSSR count). The highest BCUT2D eigenvalue weighted by Crippen LogP contribution is 2.23. The van der Waals surface area contributed by atoms with Gasteiger partial charge in [-0.05, 0) is 29.1 Å². The summed E-state index contributed by atoms with van der Waals surface area (Å²) in [6, 6.07) is 19.0. The van der Waals surface area contributed by atoms with Gasteiger partial charge in [0, 0.05) is 11.1 Å². The largest absolute Gasteiger partial charge is 0.376 e. The molecule has 0 heterocycles. The number of rotatable bonds is 5. The molecule has 0 spiro atoms. The molecule has 4 nitrogen and oxygen atoms in total. The lowest BCUT2D eigenvalue weighted by atomic mass is 10.1. The van der Waals surface area contributed by atoms with Crippen LogP contribution in [0.2, 0.25) is 10.0 Å². The van der Waals surface area contributed by atoms with Gasteiger partial charge in [-0.15, -0.1) is 0 Å². The van der Waals surface area contributed by atoms with Crippen molar-refractivity contribution in [1.29, 1.82) is 0 Å². The van der Waals surface area contributed by atoms with Crippen molar-refractivity contribution in [3.63, 3.8) is 0 Å². The third kappa shape index (κ3) is 4.50. The van der Waals surface area contributed by atoms with Gasteiger partial charge in [-0.1, -0.05) is 65.7 Å². The number of carbonyl (C=O) groups excluding carboxylic acids is 1. The lowest BCUT2D eigenvalue weighted by Crippen LogP contribution is -2.25. The smallest absolute Gasteiger partial charge is 0.259 e. The Kier molecular flexibility index (Phi) is 5.53. The number of amides is 1. The van der Waals surface area contributed by atoms with Crippen molar-refractivity contribution in [2.24, 2.45) is 5.10 Å². The molecule has 1 amide bonds. The molecule has 0 aliphatic rings.